The first kappa shape index (κ1) is 21.3. The molecule has 0 bridgehead atoms. The molecule has 5 heteroatoms. The number of benzene rings is 3. The molecule has 0 radical (unpaired) electrons. The van der Waals surface area contributed by atoms with E-state index in [0.717, 1.165) is 50.0 Å². The Labute approximate surface area is 194 Å². The number of likely N-dealkylation sites (tertiary alicyclic amines) is 1. The van der Waals surface area contributed by atoms with Gasteiger partial charge in [-0.25, -0.2) is 0 Å². The molecule has 2 N–H and O–H groups in total. The van der Waals surface area contributed by atoms with Crippen LogP contribution in [0.2, 0.25) is 0 Å². The minimum Gasteiger partial charge on any atom is -0.399 e. The van der Waals surface area contributed by atoms with Crippen LogP contribution in [-0.4, -0.2) is 36.3 Å². The second kappa shape index (κ2) is 9.10. The quantitative estimate of drug-likeness (QED) is 0.606. The average Bonchev–Trinajstić information content (AvgIpc) is 3.28. The Morgan fingerprint density at radius 3 is 2.24 bits per heavy atom. The lowest BCUT2D eigenvalue weighted by molar-refractivity contribution is 0.0690. The number of rotatable bonds is 4. The Hall–Kier alpha value is -3.60. The lowest BCUT2D eigenvalue weighted by Gasteiger charge is -2.32. The van der Waals surface area contributed by atoms with E-state index in [0.29, 0.717) is 29.3 Å². The molecule has 33 heavy (non-hydrogen) atoms. The van der Waals surface area contributed by atoms with Crippen LogP contribution in [0.25, 0.3) is 0 Å². The van der Waals surface area contributed by atoms with E-state index < -0.39 is 0 Å². The zero-order valence-corrected chi connectivity index (χ0v) is 18.7. The SMILES string of the molecule is Nc1ccc(C(=O)N2CCc3ccc(C(=O)N4CCC(Cc5ccccc5)CC4)cc32)cc1. The number of carbonyl (C=O) groups is 2. The molecule has 3 aromatic carbocycles. The Morgan fingerprint density at radius 2 is 1.52 bits per heavy atom. The highest BCUT2D eigenvalue weighted by atomic mass is 16.2. The number of nitrogens with zero attached hydrogens (tertiary/aromatic N) is 2. The topological polar surface area (TPSA) is 66.6 Å². The lowest BCUT2D eigenvalue weighted by atomic mass is 9.90. The summed E-state index contributed by atoms with van der Waals surface area (Å²) in [6.07, 6.45) is 3.92. The summed E-state index contributed by atoms with van der Waals surface area (Å²) in [6, 6.07) is 23.4. The first-order valence-electron chi connectivity index (χ1n) is 11.7. The van der Waals surface area contributed by atoms with Gasteiger partial charge in [0.1, 0.15) is 0 Å². The molecule has 0 aromatic heterocycles. The van der Waals surface area contributed by atoms with E-state index >= 15 is 0 Å². The second-order valence-electron chi connectivity index (χ2n) is 9.10. The van der Waals surface area contributed by atoms with Crippen LogP contribution in [-0.2, 0) is 12.8 Å². The minimum absolute atomic E-state index is 0.0555. The van der Waals surface area contributed by atoms with Crippen LogP contribution >= 0.6 is 0 Å². The minimum atomic E-state index is -0.0555. The summed E-state index contributed by atoms with van der Waals surface area (Å²) in [5.74, 6) is 0.618. The van der Waals surface area contributed by atoms with Gasteiger partial charge < -0.3 is 15.5 Å². The van der Waals surface area contributed by atoms with E-state index in [9.17, 15) is 9.59 Å². The van der Waals surface area contributed by atoms with E-state index in [1.54, 1.807) is 29.2 Å². The molecule has 2 aliphatic heterocycles. The summed E-state index contributed by atoms with van der Waals surface area (Å²) in [5.41, 5.74) is 11.0. The molecule has 0 atom stereocenters. The molecule has 1 saturated heterocycles. The molecular formula is C28H29N3O2. The molecule has 5 rings (SSSR count). The van der Waals surface area contributed by atoms with Crippen LogP contribution in [0.1, 0.15) is 44.7 Å². The van der Waals surface area contributed by atoms with Crippen molar-refractivity contribution in [3.8, 4) is 0 Å². The van der Waals surface area contributed by atoms with Crippen molar-refractivity contribution in [2.75, 3.05) is 30.3 Å². The van der Waals surface area contributed by atoms with Crippen molar-refractivity contribution < 1.29 is 9.59 Å². The zero-order chi connectivity index (χ0) is 22.8. The third kappa shape index (κ3) is 4.49. The molecule has 0 spiro atoms. The average molecular weight is 440 g/mol. The van der Waals surface area contributed by atoms with Gasteiger partial charge in [0.05, 0.1) is 0 Å². The van der Waals surface area contributed by atoms with Crippen molar-refractivity contribution in [2.45, 2.75) is 25.7 Å². The fraction of sp³-hybridized carbons (Fsp3) is 0.286. The molecular weight excluding hydrogens is 410 g/mol. The molecule has 0 saturated carbocycles. The lowest BCUT2D eigenvalue weighted by Crippen LogP contribution is -2.39. The number of carbonyl (C=O) groups excluding carboxylic acids is 2. The Balaban J connectivity index is 1.26. The maximum Gasteiger partial charge on any atom is 0.258 e. The highest BCUT2D eigenvalue weighted by molar-refractivity contribution is 6.08. The van der Waals surface area contributed by atoms with Crippen LogP contribution < -0.4 is 10.6 Å². The summed E-state index contributed by atoms with van der Waals surface area (Å²) >= 11 is 0. The van der Waals surface area contributed by atoms with Gasteiger partial charge in [0.2, 0.25) is 0 Å². The van der Waals surface area contributed by atoms with Crippen LogP contribution in [0.15, 0.2) is 72.8 Å². The number of nitrogen functional groups attached to an aromatic ring is 1. The second-order valence-corrected chi connectivity index (χ2v) is 9.10. The first-order valence-corrected chi connectivity index (χ1v) is 11.7. The Bertz CT molecular complexity index is 1150. The number of hydrogen-bond acceptors (Lipinski definition) is 3. The maximum absolute atomic E-state index is 13.3. The normalized spacial score (nSPS) is 16.0. The van der Waals surface area contributed by atoms with Crippen LogP contribution in [0.4, 0.5) is 11.4 Å². The molecule has 3 aromatic rings. The van der Waals surface area contributed by atoms with Gasteiger partial charge in [0.15, 0.2) is 0 Å². The highest BCUT2D eigenvalue weighted by Gasteiger charge is 2.28. The predicted molar refractivity (Wildman–Crippen MR) is 131 cm³/mol. The molecule has 1 fully saturated rings. The maximum atomic E-state index is 13.3. The van der Waals surface area contributed by atoms with Gasteiger partial charge in [-0.1, -0.05) is 36.4 Å². The third-order valence-electron chi connectivity index (χ3n) is 6.90. The number of amides is 2. The molecule has 168 valence electrons. The summed E-state index contributed by atoms with van der Waals surface area (Å²) in [7, 11) is 0. The van der Waals surface area contributed by atoms with E-state index in [-0.39, 0.29) is 11.8 Å². The van der Waals surface area contributed by atoms with Crippen molar-refractivity contribution >= 4 is 23.2 Å². The first-order chi connectivity index (χ1) is 16.1. The highest BCUT2D eigenvalue weighted by Crippen LogP contribution is 2.31. The fourth-order valence-corrected chi connectivity index (χ4v) is 4.97. The van der Waals surface area contributed by atoms with E-state index in [4.69, 9.17) is 5.73 Å². The van der Waals surface area contributed by atoms with Gasteiger partial charge in [-0.05, 0) is 79.1 Å². The largest absolute Gasteiger partial charge is 0.399 e. The van der Waals surface area contributed by atoms with Gasteiger partial charge in [-0.2, -0.15) is 0 Å². The van der Waals surface area contributed by atoms with E-state index in [1.165, 1.54) is 5.56 Å². The molecule has 0 unspecified atom stereocenters. The summed E-state index contributed by atoms with van der Waals surface area (Å²) in [5, 5.41) is 0. The van der Waals surface area contributed by atoms with Crippen molar-refractivity contribution in [3.05, 3.63) is 95.1 Å². The van der Waals surface area contributed by atoms with Crippen molar-refractivity contribution in [2.24, 2.45) is 5.92 Å². The fourth-order valence-electron chi connectivity index (χ4n) is 4.97. The standard InChI is InChI=1S/C28H29N3O2/c29-25-10-8-23(9-11-25)28(33)31-17-14-22-6-7-24(19-26(22)31)27(32)30-15-12-21(13-16-30)18-20-4-2-1-3-5-20/h1-11,19,21H,12-18,29H2. The summed E-state index contributed by atoms with van der Waals surface area (Å²) < 4.78 is 0. The monoisotopic (exact) mass is 439 g/mol. The van der Waals surface area contributed by atoms with Gasteiger partial charge in [0, 0.05) is 42.1 Å². The van der Waals surface area contributed by atoms with Crippen molar-refractivity contribution in [1.82, 2.24) is 4.90 Å². The third-order valence-corrected chi connectivity index (χ3v) is 6.90. The zero-order valence-electron chi connectivity index (χ0n) is 18.7. The van der Waals surface area contributed by atoms with Gasteiger partial charge in [-0.15, -0.1) is 0 Å². The Kier molecular flexibility index (Phi) is 5.86. The summed E-state index contributed by atoms with van der Waals surface area (Å²) in [4.78, 5) is 30.1. The number of anilines is 2. The summed E-state index contributed by atoms with van der Waals surface area (Å²) in [6.45, 7) is 2.18. The van der Waals surface area contributed by atoms with Gasteiger partial charge >= 0.3 is 0 Å². The van der Waals surface area contributed by atoms with Crippen LogP contribution in [0.5, 0.6) is 0 Å². The van der Waals surface area contributed by atoms with Gasteiger partial charge in [0.25, 0.3) is 11.8 Å². The van der Waals surface area contributed by atoms with Crippen molar-refractivity contribution in [1.29, 1.82) is 0 Å². The smallest absolute Gasteiger partial charge is 0.258 e. The number of piperidine rings is 1. The number of hydrogen-bond donors (Lipinski definition) is 1. The van der Waals surface area contributed by atoms with E-state index in [1.807, 2.05) is 29.2 Å². The molecule has 2 heterocycles. The number of nitrogens with two attached hydrogens (primary N) is 1. The predicted octanol–water partition coefficient (Wildman–Crippen LogP) is 4.57. The molecule has 5 nitrogen and oxygen atoms in total. The van der Waals surface area contributed by atoms with Crippen LogP contribution in [0, 0.1) is 5.92 Å². The van der Waals surface area contributed by atoms with Crippen LogP contribution in [0.3, 0.4) is 0 Å². The molecule has 2 amide bonds. The Morgan fingerprint density at radius 1 is 0.818 bits per heavy atom. The van der Waals surface area contributed by atoms with E-state index in [2.05, 4.69) is 24.3 Å². The van der Waals surface area contributed by atoms with Gasteiger partial charge in [-0.3, -0.25) is 9.59 Å². The van der Waals surface area contributed by atoms with Crippen molar-refractivity contribution in [3.63, 3.8) is 0 Å². The molecule has 0 aliphatic carbocycles. The molecule has 2 aliphatic rings. The number of fused-ring (bicyclic) bond motifs is 1.